The number of hydrogen-bond acceptors (Lipinski definition) is 3. The molecule has 0 saturated carbocycles. The summed E-state index contributed by atoms with van der Waals surface area (Å²) in [7, 11) is 0. The van der Waals surface area contributed by atoms with Crippen molar-refractivity contribution >= 4 is 40.3 Å². The van der Waals surface area contributed by atoms with Crippen molar-refractivity contribution < 1.29 is 18.0 Å². The van der Waals surface area contributed by atoms with E-state index in [1.165, 1.54) is 0 Å². The quantitative estimate of drug-likeness (QED) is 0.631. The zero-order chi connectivity index (χ0) is 12.6. The molecule has 2 rings (SSSR count). The van der Waals surface area contributed by atoms with E-state index in [-0.39, 0.29) is 9.23 Å². The molecule has 1 aliphatic rings. The molecule has 1 amide bonds. The summed E-state index contributed by atoms with van der Waals surface area (Å²) in [6.07, 6.45) is 1.00. The van der Waals surface area contributed by atoms with Crippen molar-refractivity contribution in [2.75, 3.05) is 0 Å². The van der Waals surface area contributed by atoms with Gasteiger partial charge in [-0.05, 0) is 6.08 Å². The number of halogens is 3. The SMILES string of the molecule is O=C1NC(=S)S/C1=C\c1c(F)cc(F)cc1F. The number of thioether (sulfide) groups is 1. The molecule has 0 bridgehead atoms. The molecule has 1 fully saturated rings. The fraction of sp³-hybridized carbons (Fsp3) is 0. The van der Waals surface area contributed by atoms with Crippen LogP contribution in [0, 0.1) is 17.5 Å². The van der Waals surface area contributed by atoms with Gasteiger partial charge in [-0.3, -0.25) is 4.79 Å². The van der Waals surface area contributed by atoms with Gasteiger partial charge < -0.3 is 5.32 Å². The fourth-order valence-electron chi connectivity index (χ4n) is 1.24. The van der Waals surface area contributed by atoms with Crippen molar-refractivity contribution in [3.05, 3.63) is 40.1 Å². The summed E-state index contributed by atoms with van der Waals surface area (Å²) in [6, 6.07) is 1.09. The van der Waals surface area contributed by atoms with Crippen molar-refractivity contribution in [3.8, 4) is 0 Å². The average molecular weight is 275 g/mol. The highest BCUT2D eigenvalue weighted by atomic mass is 32.2. The molecule has 2 nitrogen and oxygen atoms in total. The van der Waals surface area contributed by atoms with Gasteiger partial charge in [-0.1, -0.05) is 24.0 Å². The third-order valence-corrected chi connectivity index (χ3v) is 3.12. The Morgan fingerprint density at radius 1 is 1.24 bits per heavy atom. The van der Waals surface area contributed by atoms with E-state index in [4.69, 9.17) is 12.2 Å². The van der Waals surface area contributed by atoms with E-state index >= 15 is 0 Å². The maximum Gasteiger partial charge on any atom is 0.263 e. The van der Waals surface area contributed by atoms with Gasteiger partial charge >= 0.3 is 0 Å². The van der Waals surface area contributed by atoms with Crippen LogP contribution in [0.1, 0.15) is 5.56 Å². The largest absolute Gasteiger partial charge is 0.307 e. The molecule has 17 heavy (non-hydrogen) atoms. The van der Waals surface area contributed by atoms with Crippen LogP contribution in [0.15, 0.2) is 17.0 Å². The predicted octanol–water partition coefficient (Wildman–Crippen LogP) is 2.59. The van der Waals surface area contributed by atoms with Gasteiger partial charge in [0.15, 0.2) is 0 Å². The van der Waals surface area contributed by atoms with E-state index in [9.17, 15) is 18.0 Å². The normalized spacial score (nSPS) is 17.7. The average Bonchev–Trinajstić information content (AvgIpc) is 2.51. The molecule has 0 radical (unpaired) electrons. The fourth-order valence-corrected chi connectivity index (χ4v) is 2.27. The lowest BCUT2D eigenvalue weighted by Gasteiger charge is -2.00. The number of carbonyl (C=O) groups excluding carboxylic acids is 1. The van der Waals surface area contributed by atoms with Crippen molar-refractivity contribution in [1.82, 2.24) is 5.32 Å². The van der Waals surface area contributed by atoms with E-state index in [2.05, 4.69) is 5.32 Å². The van der Waals surface area contributed by atoms with Gasteiger partial charge in [0.1, 0.15) is 21.8 Å². The first kappa shape index (κ1) is 12.1. The first-order valence-electron chi connectivity index (χ1n) is 4.37. The van der Waals surface area contributed by atoms with Crippen LogP contribution in [0.4, 0.5) is 13.2 Å². The predicted molar refractivity (Wildman–Crippen MR) is 62.6 cm³/mol. The number of nitrogens with one attached hydrogen (secondary N) is 1. The van der Waals surface area contributed by atoms with Crippen LogP contribution in [0.2, 0.25) is 0 Å². The molecule has 1 aromatic rings. The lowest BCUT2D eigenvalue weighted by Crippen LogP contribution is -2.17. The Morgan fingerprint density at radius 3 is 2.29 bits per heavy atom. The lowest BCUT2D eigenvalue weighted by molar-refractivity contribution is -0.115. The second kappa shape index (κ2) is 4.50. The molecule has 1 aliphatic heterocycles. The number of rotatable bonds is 1. The number of benzene rings is 1. The first-order chi connectivity index (χ1) is 7.97. The molecule has 0 spiro atoms. The van der Waals surface area contributed by atoms with Crippen molar-refractivity contribution in [2.24, 2.45) is 0 Å². The molecule has 7 heteroatoms. The molecule has 1 saturated heterocycles. The summed E-state index contributed by atoms with van der Waals surface area (Å²) in [4.78, 5) is 11.3. The van der Waals surface area contributed by atoms with Gasteiger partial charge in [0, 0.05) is 17.7 Å². The molecular formula is C10H4F3NOS2. The second-order valence-corrected chi connectivity index (χ2v) is 4.85. The number of amides is 1. The van der Waals surface area contributed by atoms with Gasteiger partial charge in [0.05, 0.1) is 4.91 Å². The standard InChI is InChI=1S/C10H4F3NOS2/c11-4-1-6(12)5(7(13)2-4)3-8-9(15)14-10(16)17-8/h1-3H,(H,14,15,16)/b8-3-. The Bertz CT molecular complexity index is 533. The van der Waals surface area contributed by atoms with Crippen molar-refractivity contribution in [2.45, 2.75) is 0 Å². The summed E-state index contributed by atoms with van der Waals surface area (Å²) in [5.41, 5.74) is -0.464. The van der Waals surface area contributed by atoms with Crippen molar-refractivity contribution in [3.63, 3.8) is 0 Å². The van der Waals surface area contributed by atoms with Crippen molar-refractivity contribution in [1.29, 1.82) is 0 Å². The molecule has 0 unspecified atom stereocenters. The number of carbonyl (C=O) groups is 1. The highest BCUT2D eigenvalue weighted by Crippen LogP contribution is 2.27. The third kappa shape index (κ3) is 2.50. The molecule has 0 aliphatic carbocycles. The Kier molecular flexibility index (Phi) is 3.21. The molecular weight excluding hydrogens is 271 g/mol. The Hall–Kier alpha value is -1.34. The summed E-state index contributed by atoms with van der Waals surface area (Å²) in [5.74, 6) is -3.67. The maximum atomic E-state index is 13.3. The summed E-state index contributed by atoms with van der Waals surface area (Å²) in [5, 5.41) is 2.31. The maximum absolute atomic E-state index is 13.3. The lowest BCUT2D eigenvalue weighted by atomic mass is 10.1. The highest BCUT2D eigenvalue weighted by Gasteiger charge is 2.23. The Labute approximate surface area is 104 Å². The first-order valence-corrected chi connectivity index (χ1v) is 5.59. The summed E-state index contributed by atoms with van der Waals surface area (Å²) >= 11 is 5.61. The van der Waals surface area contributed by atoms with E-state index in [1.54, 1.807) is 0 Å². The van der Waals surface area contributed by atoms with Gasteiger partial charge in [0.2, 0.25) is 0 Å². The van der Waals surface area contributed by atoms with Crippen LogP contribution in [-0.4, -0.2) is 10.2 Å². The van der Waals surface area contributed by atoms with E-state index in [0.717, 1.165) is 17.8 Å². The van der Waals surface area contributed by atoms with Crippen LogP contribution in [0.5, 0.6) is 0 Å². The van der Waals surface area contributed by atoms with Gasteiger partial charge in [0.25, 0.3) is 5.91 Å². The minimum Gasteiger partial charge on any atom is -0.307 e. The zero-order valence-corrected chi connectivity index (χ0v) is 9.72. The minimum atomic E-state index is -1.07. The zero-order valence-electron chi connectivity index (χ0n) is 8.09. The smallest absolute Gasteiger partial charge is 0.263 e. The topological polar surface area (TPSA) is 29.1 Å². The molecule has 1 aromatic carbocycles. The number of hydrogen-bond donors (Lipinski definition) is 1. The van der Waals surface area contributed by atoms with Gasteiger partial charge in [-0.25, -0.2) is 13.2 Å². The Morgan fingerprint density at radius 2 is 1.82 bits per heavy atom. The van der Waals surface area contributed by atoms with E-state index in [1.807, 2.05) is 0 Å². The molecule has 1 N–H and O–H groups in total. The molecule has 1 heterocycles. The van der Waals surface area contributed by atoms with Crippen LogP contribution in [0.25, 0.3) is 6.08 Å². The second-order valence-electron chi connectivity index (χ2n) is 3.14. The van der Waals surface area contributed by atoms with Crippen LogP contribution in [-0.2, 0) is 4.79 Å². The van der Waals surface area contributed by atoms with E-state index in [0.29, 0.717) is 12.1 Å². The highest BCUT2D eigenvalue weighted by molar-refractivity contribution is 8.26. The summed E-state index contributed by atoms with van der Waals surface area (Å²) < 4.78 is 39.4. The van der Waals surface area contributed by atoms with Crippen LogP contribution < -0.4 is 5.32 Å². The third-order valence-electron chi connectivity index (χ3n) is 1.96. The monoisotopic (exact) mass is 275 g/mol. The van der Waals surface area contributed by atoms with Crippen LogP contribution >= 0.6 is 24.0 Å². The molecule has 88 valence electrons. The van der Waals surface area contributed by atoms with Gasteiger partial charge in [-0.2, -0.15) is 0 Å². The van der Waals surface area contributed by atoms with Crippen LogP contribution in [0.3, 0.4) is 0 Å². The summed E-state index contributed by atoms with van der Waals surface area (Å²) in [6.45, 7) is 0. The van der Waals surface area contributed by atoms with Gasteiger partial charge in [-0.15, -0.1) is 0 Å². The number of thiocarbonyl (C=S) groups is 1. The Balaban J connectivity index is 2.46. The molecule has 0 aromatic heterocycles. The minimum absolute atomic E-state index is 0.0689. The van der Waals surface area contributed by atoms with E-state index < -0.39 is 28.9 Å². The molecule has 0 atom stereocenters.